The number of rotatable bonds is 5. The molecule has 104 valence electrons. The largest absolute Gasteiger partial charge is 0.351 e. The van der Waals surface area contributed by atoms with E-state index < -0.39 is 0 Å². The average molecular weight is 308 g/mol. The highest BCUT2D eigenvalue weighted by Gasteiger charge is 2.10. The van der Waals surface area contributed by atoms with Crippen LogP contribution < -0.4 is 5.32 Å². The molecule has 1 aromatic carbocycles. The summed E-state index contributed by atoms with van der Waals surface area (Å²) in [6.07, 6.45) is 0.719. The van der Waals surface area contributed by atoms with Gasteiger partial charge in [0.2, 0.25) is 0 Å². The van der Waals surface area contributed by atoms with Gasteiger partial charge in [0, 0.05) is 11.6 Å². The Bertz CT molecular complexity index is 636. The summed E-state index contributed by atoms with van der Waals surface area (Å²) in [6.45, 7) is 2.03. The van der Waals surface area contributed by atoms with E-state index in [0.29, 0.717) is 21.3 Å². The maximum atomic E-state index is 11.9. The minimum Gasteiger partial charge on any atom is -0.351 e. The van der Waals surface area contributed by atoms with E-state index in [1.165, 1.54) is 18.3 Å². The number of thiophene rings is 1. The van der Waals surface area contributed by atoms with Gasteiger partial charge in [0.1, 0.15) is 0 Å². The van der Waals surface area contributed by atoms with Crippen molar-refractivity contribution in [2.45, 2.75) is 13.3 Å². The van der Waals surface area contributed by atoms with Gasteiger partial charge >= 0.3 is 0 Å². The van der Waals surface area contributed by atoms with Gasteiger partial charge in [0.05, 0.1) is 9.75 Å². The van der Waals surface area contributed by atoms with Gasteiger partial charge in [-0.05, 0) is 43.2 Å². The average Bonchev–Trinajstić information content (AvgIpc) is 2.88. The summed E-state index contributed by atoms with van der Waals surface area (Å²) < 4.78 is 0. The minimum absolute atomic E-state index is 0.0204. The Balaban J connectivity index is 1.87. The Labute approximate surface area is 126 Å². The topological polar surface area (TPSA) is 46.2 Å². The number of amides is 1. The van der Waals surface area contributed by atoms with Crippen LogP contribution in [-0.4, -0.2) is 18.2 Å². The van der Waals surface area contributed by atoms with Crippen molar-refractivity contribution in [3.63, 3.8) is 0 Å². The van der Waals surface area contributed by atoms with Crippen molar-refractivity contribution in [2.75, 3.05) is 6.54 Å². The van der Waals surface area contributed by atoms with Gasteiger partial charge in [-0.1, -0.05) is 23.7 Å². The number of halogens is 1. The number of benzene rings is 1. The number of carbonyl (C=O) groups excluding carboxylic acids is 2. The number of hydrogen-bond acceptors (Lipinski definition) is 3. The van der Waals surface area contributed by atoms with Crippen LogP contribution in [0.5, 0.6) is 0 Å². The van der Waals surface area contributed by atoms with Crippen molar-refractivity contribution in [3.8, 4) is 0 Å². The Hall–Kier alpha value is -1.65. The van der Waals surface area contributed by atoms with Gasteiger partial charge in [-0.25, -0.2) is 0 Å². The van der Waals surface area contributed by atoms with E-state index >= 15 is 0 Å². The molecule has 0 saturated carbocycles. The molecule has 0 unspecified atom stereocenters. The van der Waals surface area contributed by atoms with Crippen LogP contribution in [0, 0.1) is 0 Å². The lowest BCUT2D eigenvalue weighted by molar-refractivity contribution is 0.0957. The van der Waals surface area contributed by atoms with Crippen LogP contribution in [0.3, 0.4) is 0 Å². The molecule has 0 saturated heterocycles. The molecule has 0 aliphatic heterocycles. The fraction of sp³-hybridized carbons (Fsp3) is 0.200. The molecular weight excluding hydrogens is 294 g/mol. The lowest BCUT2D eigenvalue weighted by Crippen LogP contribution is -2.24. The van der Waals surface area contributed by atoms with Gasteiger partial charge < -0.3 is 5.32 Å². The van der Waals surface area contributed by atoms with E-state index in [2.05, 4.69) is 5.32 Å². The molecule has 3 nitrogen and oxygen atoms in total. The van der Waals surface area contributed by atoms with Gasteiger partial charge in [0.25, 0.3) is 5.91 Å². The maximum Gasteiger partial charge on any atom is 0.261 e. The summed E-state index contributed by atoms with van der Waals surface area (Å²) >= 11 is 7.11. The number of carbonyl (C=O) groups is 2. The molecule has 0 fully saturated rings. The lowest BCUT2D eigenvalue weighted by atomic mass is 10.1. The zero-order valence-electron chi connectivity index (χ0n) is 11.0. The zero-order chi connectivity index (χ0) is 14.5. The van der Waals surface area contributed by atoms with Crippen LogP contribution in [0.4, 0.5) is 0 Å². The third kappa shape index (κ3) is 3.92. The van der Waals surface area contributed by atoms with Crippen LogP contribution in [0.2, 0.25) is 5.02 Å². The van der Waals surface area contributed by atoms with Gasteiger partial charge in [-0.15, -0.1) is 11.3 Å². The molecule has 0 atom stereocenters. The van der Waals surface area contributed by atoms with Crippen LogP contribution in [-0.2, 0) is 6.42 Å². The molecule has 0 radical (unpaired) electrons. The monoisotopic (exact) mass is 307 g/mol. The van der Waals surface area contributed by atoms with Crippen LogP contribution >= 0.6 is 22.9 Å². The number of hydrogen-bond donors (Lipinski definition) is 1. The van der Waals surface area contributed by atoms with Gasteiger partial charge in [-0.2, -0.15) is 0 Å². The summed E-state index contributed by atoms with van der Waals surface area (Å²) in [4.78, 5) is 24.2. The standard InChI is InChI=1S/C15H14ClNO2S/c1-10(18)13-5-6-14(20-13)15(19)17-8-7-11-3-2-4-12(16)9-11/h2-6,9H,7-8H2,1H3,(H,17,19). The Morgan fingerprint density at radius 2 is 1.95 bits per heavy atom. The van der Waals surface area contributed by atoms with Crippen molar-refractivity contribution in [1.29, 1.82) is 0 Å². The van der Waals surface area contributed by atoms with E-state index in [1.54, 1.807) is 12.1 Å². The minimum atomic E-state index is -0.149. The van der Waals surface area contributed by atoms with E-state index in [0.717, 1.165) is 12.0 Å². The molecule has 0 aliphatic rings. The van der Waals surface area contributed by atoms with Crippen molar-refractivity contribution in [2.24, 2.45) is 0 Å². The fourth-order valence-corrected chi connectivity index (χ4v) is 2.78. The molecule has 20 heavy (non-hydrogen) atoms. The Kier molecular flexibility index (Phi) is 4.93. The molecule has 5 heteroatoms. The summed E-state index contributed by atoms with van der Waals surface area (Å²) in [5.41, 5.74) is 1.08. The molecule has 0 aliphatic carbocycles. The van der Waals surface area contributed by atoms with Crippen LogP contribution in [0.1, 0.15) is 31.8 Å². The van der Waals surface area contributed by atoms with E-state index in [-0.39, 0.29) is 11.7 Å². The highest BCUT2D eigenvalue weighted by molar-refractivity contribution is 7.15. The van der Waals surface area contributed by atoms with Crippen molar-refractivity contribution < 1.29 is 9.59 Å². The fourth-order valence-electron chi connectivity index (χ4n) is 1.75. The molecule has 1 heterocycles. The first-order valence-electron chi connectivity index (χ1n) is 6.19. The first kappa shape index (κ1) is 14.8. The molecule has 1 N–H and O–H groups in total. The second kappa shape index (κ2) is 6.68. The second-order valence-electron chi connectivity index (χ2n) is 4.36. The van der Waals surface area contributed by atoms with Crippen LogP contribution in [0.25, 0.3) is 0 Å². The smallest absolute Gasteiger partial charge is 0.261 e. The number of ketones is 1. The van der Waals surface area contributed by atoms with Crippen molar-refractivity contribution >= 4 is 34.6 Å². The third-order valence-electron chi connectivity index (χ3n) is 2.77. The maximum absolute atomic E-state index is 11.9. The summed E-state index contributed by atoms with van der Waals surface area (Å²) in [6, 6.07) is 10.9. The van der Waals surface area contributed by atoms with E-state index in [1.807, 2.05) is 24.3 Å². The van der Waals surface area contributed by atoms with Crippen LogP contribution in [0.15, 0.2) is 36.4 Å². The summed E-state index contributed by atoms with van der Waals surface area (Å²) in [7, 11) is 0. The van der Waals surface area contributed by atoms with Crippen molar-refractivity contribution in [1.82, 2.24) is 5.32 Å². The highest BCUT2D eigenvalue weighted by atomic mass is 35.5. The lowest BCUT2D eigenvalue weighted by Gasteiger charge is -2.04. The SMILES string of the molecule is CC(=O)c1ccc(C(=O)NCCc2cccc(Cl)c2)s1. The molecule has 1 aromatic heterocycles. The second-order valence-corrected chi connectivity index (χ2v) is 5.88. The van der Waals surface area contributed by atoms with Gasteiger partial charge in [0.15, 0.2) is 5.78 Å². The summed E-state index contributed by atoms with van der Waals surface area (Å²) in [5.74, 6) is -0.169. The molecular formula is C15H14ClNO2S. The Morgan fingerprint density at radius 3 is 2.60 bits per heavy atom. The third-order valence-corrected chi connectivity index (χ3v) is 4.18. The molecule has 1 amide bonds. The number of Topliss-reactive ketones (excluding diaryl/α,β-unsaturated/α-hetero) is 1. The molecule has 2 aromatic rings. The van der Waals surface area contributed by atoms with Gasteiger partial charge in [-0.3, -0.25) is 9.59 Å². The quantitative estimate of drug-likeness (QED) is 0.858. The summed E-state index contributed by atoms with van der Waals surface area (Å²) in [5, 5.41) is 3.53. The van der Waals surface area contributed by atoms with Crippen molar-refractivity contribution in [3.05, 3.63) is 56.7 Å². The number of nitrogens with one attached hydrogen (secondary N) is 1. The van der Waals surface area contributed by atoms with E-state index in [4.69, 9.17) is 11.6 Å². The normalized spacial score (nSPS) is 10.3. The first-order chi connectivity index (χ1) is 9.56. The molecule has 0 spiro atoms. The highest BCUT2D eigenvalue weighted by Crippen LogP contribution is 2.16. The molecule has 0 bridgehead atoms. The zero-order valence-corrected chi connectivity index (χ0v) is 12.6. The Morgan fingerprint density at radius 1 is 1.20 bits per heavy atom. The first-order valence-corrected chi connectivity index (χ1v) is 7.39. The molecule has 2 rings (SSSR count). The predicted molar refractivity (Wildman–Crippen MR) is 81.8 cm³/mol. The van der Waals surface area contributed by atoms with E-state index in [9.17, 15) is 9.59 Å². The predicted octanol–water partition coefficient (Wildman–Crippen LogP) is 3.58.